The molecule has 382 valence electrons. The van der Waals surface area contributed by atoms with Crippen LogP contribution in [0.25, 0.3) is 0 Å². The van der Waals surface area contributed by atoms with E-state index in [1.165, 1.54) is 17.5 Å². The maximum absolute atomic E-state index is 12.1. The van der Waals surface area contributed by atoms with Crippen LogP contribution >= 0.6 is 0 Å². The molecular weight excluding hydrogens is 879 g/mol. The molecule has 67 heavy (non-hydrogen) atoms. The Hall–Kier alpha value is -4.77. The maximum atomic E-state index is 12.1. The highest BCUT2D eigenvalue weighted by atomic mass is 28.4. The molecule has 17 heteroatoms. The highest BCUT2D eigenvalue weighted by Crippen LogP contribution is 2.42. The summed E-state index contributed by atoms with van der Waals surface area (Å²) in [5, 5.41) is 24.2. The van der Waals surface area contributed by atoms with Crippen molar-refractivity contribution in [3.05, 3.63) is 104 Å². The zero-order valence-electron chi connectivity index (χ0n) is 41.0. The van der Waals surface area contributed by atoms with E-state index in [1.54, 1.807) is 26.8 Å². The van der Waals surface area contributed by atoms with Gasteiger partial charge in [-0.1, -0.05) is 124 Å². The first-order valence-electron chi connectivity index (χ1n) is 22.2. The summed E-state index contributed by atoms with van der Waals surface area (Å²) in [7, 11) is -1.77. The molecule has 16 nitrogen and oxygen atoms in total. The molecule has 0 bridgehead atoms. The number of aldehydes is 2. The molecule has 0 unspecified atom stereocenters. The van der Waals surface area contributed by atoms with Crippen LogP contribution in [0.1, 0.15) is 134 Å². The summed E-state index contributed by atoms with van der Waals surface area (Å²) in [4.78, 5) is 68.8. The zero-order valence-corrected chi connectivity index (χ0v) is 42.0. The van der Waals surface area contributed by atoms with Crippen molar-refractivity contribution in [3.63, 3.8) is 0 Å². The van der Waals surface area contributed by atoms with Crippen LogP contribution in [0.5, 0.6) is 0 Å². The Bertz CT molecular complexity index is 1650. The average molecular weight is 964 g/mol. The van der Waals surface area contributed by atoms with E-state index in [9.17, 15) is 34.6 Å². The first-order valence-corrected chi connectivity index (χ1v) is 25.6. The average Bonchev–Trinajstić information content (AvgIpc) is 3.79. The van der Waals surface area contributed by atoms with Crippen LogP contribution in [0.2, 0.25) is 19.6 Å². The molecule has 0 spiro atoms. The van der Waals surface area contributed by atoms with Crippen molar-refractivity contribution in [2.75, 3.05) is 19.7 Å². The van der Waals surface area contributed by atoms with E-state index < -0.39 is 53.9 Å². The van der Waals surface area contributed by atoms with Crippen molar-refractivity contribution in [1.29, 1.82) is 0 Å². The SMILES string of the molecule is C.C.CC(C)(C)/C=C/[N+](=O)[O-].CCC(CC)OCC=O.CCC(CC)O[C@H](C=O)[C@@H](C[N+](=O)[O-])C(=O)OC(C)(C)C.C[Si](C)(C)OC(c1ccccc1)(c1ccccc1)[C@H]1CCCN1.O=C=O. The number of nitrogens with zero attached hydrogens (tertiary/aromatic N) is 2. The van der Waals surface area contributed by atoms with Crippen molar-refractivity contribution >= 4 is 33.0 Å². The van der Waals surface area contributed by atoms with Gasteiger partial charge in [-0.2, -0.15) is 9.59 Å². The van der Waals surface area contributed by atoms with Gasteiger partial charge in [0.05, 0.1) is 17.1 Å². The minimum absolute atomic E-state index is 0. The standard InChI is InChI=1S/C20H27NOSi.C14H25NO6.C7H14O2.C6H11NO2.CO2.2CH4/c1-23(2,3)22-20(19-15-10-16-21-19,17-11-6-4-7-12-17)18-13-8-5-9-14-18;1-6-10(7-2)20-12(9-16)11(8-15(18)19)13(17)21-14(3,4)5;1-3-7(4-2)9-6-5-8;1-6(2,3)4-5-7(8)9;2-1-3;;/h4-9,11-14,19,21H,10,15-16H2,1-3H3;9-12H,6-8H2,1-5H3;5,7H,3-4,6H2,1-2H3;4-5H,1-3H3;;2*1H4/b;;;5-4+;;;/t19-;11-,12-;;;;;/m11...../s1. The number of esters is 1. The molecule has 0 amide bonds. The van der Waals surface area contributed by atoms with Gasteiger partial charge in [0.1, 0.15) is 36.5 Å². The third-order valence-corrected chi connectivity index (χ3v) is 10.2. The lowest BCUT2D eigenvalue weighted by molar-refractivity contribution is -0.488. The molecule has 0 saturated carbocycles. The van der Waals surface area contributed by atoms with Crippen molar-refractivity contribution in [3.8, 4) is 0 Å². The zero-order chi connectivity index (χ0) is 50.3. The van der Waals surface area contributed by atoms with Crippen LogP contribution in [0.4, 0.5) is 0 Å². The molecule has 1 aliphatic heterocycles. The highest BCUT2D eigenvalue weighted by Gasteiger charge is 2.47. The van der Waals surface area contributed by atoms with E-state index in [0.717, 1.165) is 38.3 Å². The number of nitrogens with one attached hydrogen (secondary N) is 1. The molecule has 2 aromatic carbocycles. The van der Waals surface area contributed by atoms with Crippen LogP contribution in [0, 0.1) is 31.6 Å². The smallest absolute Gasteiger partial charge is 0.373 e. The summed E-state index contributed by atoms with van der Waals surface area (Å²) < 4.78 is 22.8. The second-order valence-electron chi connectivity index (χ2n) is 18.2. The highest BCUT2D eigenvalue weighted by molar-refractivity contribution is 6.69. The molecule has 3 rings (SSSR count). The maximum Gasteiger partial charge on any atom is 0.373 e. The molecule has 3 atom stereocenters. The molecule has 1 N–H and O–H groups in total. The Morgan fingerprint density at radius 3 is 1.60 bits per heavy atom. The fraction of sp³-hybridized carbons (Fsp3) is 0.640. The summed E-state index contributed by atoms with van der Waals surface area (Å²) in [6, 6.07) is 21.8. The van der Waals surface area contributed by atoms with Crippen molar-refractivity contribution in [1.82, 2.24) is 5.32 Å². The summed E-state index contributed by atoms with van der Waals surface area (Å²) in [5.41, 5.74) is 1.24. The molecule has 1 aliphatic rings. The third-order valence-electron chi connectivity index (χ3n) is 9.28. The Morgan fingerprint density at radius 2 is 1.30 bits per heavy atom. The number of carbonyl (C=O) groups is 3. The van der Waals surface area contributed by atoms with Crippen LogP contribution in [0.3, 0.4) is 0 Å². The molecule has 1 heterocycles. The largest absolute Gasteiger partial charge is 0.459 e. The van der Waals surface area contributed by atoms with Crippen molar-refractivity contribution < 1.29 is 52.5 Å². The quantitative estimate of drug-likeness (QED) is 0.0429. The van der Waals surface area contributed by atoms with E-state index in [-0.39, 0.29) is 45.2 Å². The summed E-state index contributed by atoms with van der Waals surface area (Å²) in [6.45, 7) is 26.0. The van der Waals surface area contributed by atoms with Gasteiger partial charge in [-0.3, -0.25) is 25.0 Å². The number of carbonyl (C=O) groups excluding carboxylic acids is 5. The first-order chi connectivity index (χ1) is 30.3. The van der Waals surface area contributed by atoms with Gasteiger partial charge in [-0.15, -0.1) is 0 Å². The number of hydrogen-bond donors (Lipinski definition) is 1. The number of hydrogen-bond acceptors (Lipinski definition) is 14. The number of rotatable bonds is 20. The molecule has 1 fully saturated rings. The van der Waals surface area contributed by atoms with Crippen molar-refractivity contribution in [2.45, 2.75) is 178 Å². The molecular formula is C50H85N3O13Si. The second-order valence-corrected chi connectivity index (χ2v) is 22.6. The molecule has 0 radical (unpaired) electrons. The first kappa shape index (κ1) is 68.8. The van der Waals surface area contributed by atoms with Gasteiger partial charge in [0.25, 0.3) is 0 Å². The van der Waals surface area contributed by atoms with Gasteiger partial charge in [0, 0.05) is 11.0 Å². The lowest BCUT2D eigenvalue weighted by Gasteiger charge is -2.44. The van der Waals surface area contributed by atoms with Crippen LogP contribution in [0.15, 0.2) is 72.9 Å². The molecule has 2 aromatic rings. The number of allylic oxidation sites excluding steroid dienone is 1. The number of nitro groups is 2. The number of benzene rings is 2. The fourth-order valence-electron chi connectivity index (χ4n) is 6.40. The summed E-state index contributed by atoms with van der Waals surface area (Å²) >= 11 is 0. The Labute approximate surface area is 402 Å². The van der Waals surface area contributed by atoms with E-state index in [2.05, 4.69) is 99.5 Å². The van der Waals surface area contributed by atoms with Crippen LogP contribution < -0.4 is 5.32 Å². The lowest BCUT2D eigenvalue weighted by Crippen LogP contribution is -2.53. The van der Waals surface area contributed by atoms with Gasteiger partial charge in [-0.25, -0.2) is 0 Å². The van der Waals surface area contributed by atoms with Gasteiger partial charge >= 0.3 is 12.1 Å². The lowest BCUT2D eigenvalue weighted by atomic mass is 9.79. The van der Waals surface area contributed by atoms with Gasteiger partial charge in [0.2, 0.25) is 12.7 Å². The van der Waals surface area contributed by atoms with Crippen LogP contribution in [-0.4, -0.2) is 92.5 Å². The van der Waals surface area contributed by atoms with E-state index in [4.69, 9.17) is 28.2 Å². The molecule has 0 aliphatic carbocycles. The Kier molecular flexibility index (Phi) is 37.3. The fourth-order valence-corrected chi connectivity index (χ4v) is 7.75. The predicted octanol–water partition coefficient (Wildman–Crippen LogP) is 10.4. The van der Waals surface area contributed by atoms with Gasteiger partial charge in [0.15, 0.2) is 14.2 Å². The summed E-state index contributed by atoms with van der Waals surface area (Å²) in [6.07, 6.45) is 8.54. The minimum Gasteiger partial charge on any atom is -0.459 e. The van der Waals surface area contributed by atoms with Gasteiger partial charge in [-0.05, 0) is 108 Å². The predicted molar refractivity (Wildman–Crippen MR) is 266 cm³/mol. The molecule has 1 saturated heterocycles. The minimum atomic E-state index is -1.77. The Balaban J connectivity index is -0.000000413. The Morgan fingerprint density at radius 1 is 0.836 bits per heavy atom. The van der Waals surface area contributed by atoms with E-state index in [1.807, 2.05) is 34.6 Å². The third kappa shape index (κ3) is 31.0. The van der Waals surface area contributed by atoms with E-state index >= 15 is 0 Å². The van der Waals surface area contributed by atoms with E-state index in [0.29, 0.717) is 25.2 Å². The normalized spacial score (nSPS) is 14.2. The monoisotopic (exact) mass is 964 g/mol. The van der Waals surface area contributed by atoms with Gasteiger partial charge < -0.3 is 33.5 Å². The van der Waals surface area contributed by atoms with Crippen molar-refractivity contribution in [2.24, 2.45) is 11.3 Å². The second kappa shape index (κ2) is 36.3. The summed E-state index contributed by atoms with van der Waals surface area (Å²) in [5.74, 6) is -2.03. The topological polar surface area (TPSA) is 221 Å². The molecule has 0 aromatic heterocycles. The van der Waals surface area contributed by atoms with Crippen LogP contribution in [-0.2, 0) is 48.2 Å². The number of ether oxygens (including phenoxy) is 3.